The van der Waals surface area contributed by atoms with Gasteiger partial charge in [0.1, 0.15) is 12.7 Å². The Bertz CT molecular complexity index is 1340. The van der Waals surface area contributed by atoms with Crippen LogP contribution in [0.3, 0.4) is 0 Å². The van der Waals surface area contributed by atoms with Crippen LogP contribution in [-0.4, -0.2) is 66.5 Å². The molecule has 11 nitrogen and oxygen atoms in total. The fraction of sp³-hybridized carbons (Fsp3) is 0.759. The Morgan fingerprint density at radius 2 is 0.773 bits per heavy atom. The quantitative estimate of drug-likeness (QED) is 0.0197. The lowest BCUT2D eigenvalue weighted by molar-refractivity contribution is -0.161. The number of aliphatic hydroxyl groups excluding tert-OH is 1. The largest absolute Gasteiger partial charge is 0.472 e. The Labute approximate surface area is 402 Å². The van der Waals surface area contributed by atoms with Gasteiger partial charge in [-0.15, -0.1) is 0 Å². The highest BCUT2D eigenvalue weighted by atomic mass is 31.2. The van der Waals surface area contributed by atoms with Crippen LogP contribution >= 0.6 is 7.82 Å². The van der Waals surface area contributed by atoms with E-state index < -0.39 is 57.8 Å². The SMILES string of the molecule is CC/C=C\C/C=C\C/C=C\C/C=C\C/C=C\CC(=O)OCC(COP(=O)(O)OCC(CO)OC(=O)CCCCCCCCCCCCC)OC(=O)CCCCCCCCCCCCCCC. The predicted molar refractivity (Wildman–Crippen MR) is 270 cm³/mol. The van der Waals surface area contributed by atoms with Crippen LogP contribution in [0.1, 0.15) is 226 Å². The molecule has 0 aromatic rings. The number of phosphoric acid groups is 1. The van der Waals surface area contributed by atoms with Crippen molar-refractivity contribution in [3.05, 3.63) is 60.8 Å². The topological polar surface area (TPSA) is 155 Å². The molecule has 0 fully saturated rings. The van der Waals surface area contributed by atoms with Gasteiger partial charge in [0.2, 0.25) is 0 Å². The zero-order valence-electron chi connectivity index (χ0n) is 41.9. The third kappa shape index (κ3) is 46.3. The third-order valence-electron chi connectivity index (χ3n) is 11.0. The number of esters is 3. The molecule has 0 aromatic heterocycles. The first-order valence-corrected chi connectivity index (χ1v) is 27.7. The van der Waals surface area contributed by atoms with Gasteiger partial charge in [0.25, 0.3) is 0 Å². The van der Waals surface area contributed by atoms with Crippen molar-refractivity contribution in [2.75, 3.05) is 26.4 Å². The summed E-state index contributed by atoms with van der Waals surface area (Å²) in [5.74, 6) is -1.61. The molecule has 0 spiro atoms. The van der Waals surface area contributed by atoms with E-state index in [4.69, 9.17) is 23.3 Å². The molecule has 382 valence electrons. The van der Waals surface area contributed by atoms with E-state index in [2.05, 4.69) is 63.3 Å². The first kappa shape index (κ1) is 63.2. The van der Waals surface area contributed by atoms with Crippen molar-refractivity contribution in [2.45, 2.75) is 238 Å². The standard InChI is InChI=1S/C54H95O11P/c1-4-7-10-13-16-19-22-24-25-27-29-31-34-37-40-43-52(56)61-47-51(65-54(58)45-42-39-36-33-30-26-23-20-17-14-11-8-5-2)49-63-66(59,60)62-48-50(46-55)64-53(57)44-41-38-35-32-28-21-18-15-12-9-6-3/h7,10,16,19,24-25,29,31,37,40,50-51,55H,4-6,8-9,11-15,17-18,20-23,26-28,30,32-36,38-39,41-49H2,1-3H3,(H,59,60)/b10-7-,19-16-,25-24-,31-29-,40-37-. The second kappa shape index (κ2) is 48.6. The minimum atomic E-state index is -4.75. The summed E-state index contributed by atoms with van der Waals surface area (Å²) in [6.07, 6.45) is 50.8. The molecule has 12 heteroatoms. The van der Waals surface area contributed by atoms with Gasteiger partial charge < -0.3 is 24.2 Å². The number of phosphoric ester groups is 1. The molecule has 3 unspecified atom stereocenters. The monoisotopic (exact) mass is 951 g/mol. The van der Waals surface area contributed by atoms with E-state index in [1.807, 2.05) is 12.2 Å². The number of carbonyl (C=O) groups is 3. The molecular weight excluding hydrogens is 856 g/mol. The lowest BCUT2D eigenvalue weighted by Crippen LogP contribution is -2.30. The second-order valence-corrected chi connectivity index (χ2v) is 18.8. The maximum absolute atomic E-state index is 12.8. The van der Waals surface area contributed by atoms with Crippen molar-refractivity contribution in [1.82, 2.24) is 0 Å². The first-order chi connectivity index (χ1) is 32.2. The zero-order valence-corrected chi connectivity index (χ0v) is 42.8. The van der Waals surface area contributed by atoms with E-state index in [1.165, 1.54) is 103 Å². The van der Waals surface area contributed by atoms with E-state index in [0.717, 1.165) is 64.2 Å². The maximum Gasteiger partial charge on any atom is 0.472 e. The summed E-state index contributed by atoms with van der Waals surface area (Å²) in [4.78, 5) is 48.2. The number of hydrogen-bond acceptors (Lipinski definition) is 10. The zero-order chi connectivity index (χ0) is 48.4. The molecule has 0 saturated carbocycles. The summed E-state index contributed by atoms with van der Waals surface area (Å²) in [6.45, 7) is 4.41. The van der Waals surface area contributed by atoms with Crippen LogP contribution in [0.5, 0.6) is 0 Å². The number of allylic oxidation sites excluding steroid dienone is 9. The van der Waals surface area contributed by atoms with E-state index in [-0.39, 0.29) is 25.9 Å². The van der Waals surface area contributed by atoms with Crippen LogP contribution < -0.4 is 0 Å². The average molecular weight is 951 g/mol. The first-order valence-electron chi connectivity index (χ1n) is 26.2. The Hall–Kier alpha value is -2.82. The molecule has 3 atom stereocenters. The van der Waals surface area contributed by atoms with Crippen LogP contribution in [0.4, 0.5) is 0 Å². The third-order valence-corrected chi connectivity index (χ3v) is 11.9. The van der Waals surface area contributed by atoms with Gasteiger partial charge in [0, 0.05) is 12.8 Å². The van der Waals surface area contributed by atoms with Gasteiger partial charge in [-0.3, -0.25) is 23.4 Å². The Morgan fingerprint density at radius 1 is 0.439 bits per heavy atom. The molecule has 0 heterocycles. The second-order valence-electron chi connectivity index (χ2n) is 17.3. The van der Waals surface area contributed by atoms with E-state index in [9.17, 15) is 28.9 Å². The number of aliphatic hydroxyl groups is 1. The van der Waals surface area contributed by atoms with Crippen LogP contribution in [0.15, 0.2) is 60.8 Å². The predicted octanol–water partition coefficient (Wildman–Crippen LogP) is 14.8. The molecule has 0 aromatic carbocycles. The van der Waals surface area contributed by atoms with Crippen molar-refractivity contribution in [2.24, 2.45) is 0 Å². The van der Waals surface area contributed by atoms with Crippen molar-refractivity contribution in [1.29, 1.82) is 0 Å². The Morgan fingerprint density at radius 3 is 1.15 bits per heavy atom. The fourth-order valence-electron chi connectivity index (χ4n) is 7.02. The van der Waals surface area contributed by atoms with Gasteiger partial charge in [-0.05, 0) is 44.9 Å². The summed E-state index contributed by atoms with van der Waals surface area (Å²) < 4.78 is 39.2. The van der Waals surface area contributed by atoms with Crippen molar-refractivity contribution >= 4 is 25.7 Å². The molecule has 66 heavy (non-hydrogen) atoms. The minimum absolute atomic E-state index is 0.00384. The minimum Gasteiger partial charge on any atom is -0.461 e. The summed E-state index contributed by atoms with van der Waals surface area (Å²) >= 11 is 0. The highest BCUT2D eigenvalue weighted by Crippen LogP contribution is 2.43. The van der Waals surface area contributed by atoms with Gasteiger partial charge in [0.05, 0.1) is 26.2 Å². The van der Waals surface area contributed by atoms with Crippen LogP contribution in [0.2, 0.25) is 0 Å². The summed E-state index contributed by atoms with van der Waals surface area (Å²) in [5.41, 5.74) is 0. The number of rotatable bonds is 48. The average Bonchev–Trinajstić information content (AvgIpc) is 3.30. The summed E-state index contributed by atoms with van der Waals surface area (Å²) in [6, 6.07) is 0. The normalized spacial score (nSPS) is 14.0. The molecule has 0 saturated heterocycles. The summed E-state index contributed by atoms with van der Waals surface area (Å²) in [7, 11) is -4.75. The molecule has 0 rings (SSSR count). The molecular formula is C54H95O11P. The highest BCUT2D eigenvalue weighted by Gasteiger charge is 2.28. The molecule has 0 amide bonds. The van der Waals surface area contributed by atoms with E-state index >= 15 is 0 Å². The van der Waals surface area contributed by atoms with E-state index in [0.29, 0.717) is 19.3 Å². The smallest absolute Gasteiger partial charge is 0.461 e. The molecule has 0 aliphatic rings. The molecule has 0 radical (unpaired) electrons. The molecule has 0 aliphatic carbocycles. The number of ether oxygens (including phenoxy) is 3. The van der Waals surface area contributed by atoms with Crippen molar-refractivity contribution < 1.29 is 52.2 Å². The summed E-state index contributed by atoms with van der Waals surface area (Å²) in [5, 5.41) is 9.76. The number of hydrogen-bond donors (Lipinski definition) is 2. The van der Waals surface area contributed by atoms with Gasteiger partial charge in [0.15, 0.2) is 6.10 Å². The number of unbranched alkanes of at least 4 members (excludes halogenated alkanes) is 22. The van der Waals surface area contributed by atoms with Crippen LogP contribution in [0, 0.1) is 0 Å². The molecule has 2 N–H and O–H groups in total. The fourth-order valence-corrected chi connectivity index (χ4v) is 7.80. The van der Waals surface area contributed by atoms with Crippen molar-refractivity contribution in [3.63, 3.8) is 0 Å². The Kier molecular flexibility index (Phi) is 46.6. The van der Waals surface area contributed by atoms with Gasteiger partial charge in [-0.2, -0.15) is 0 Å². The highest BCUT2D eigenvalue weighted by molar-refractivity contribution is 7.47. The van der Waals surface area contributed by atoms with E-state index in [1.54, 1.807) is 6.08 Å². The molecule has 0 bridgehead atoms. The Balaban J connectivity index is 4.84. The van der Waals surface area contributed by atoms with Gasteiger partial charge in [-0.25, -0.2) is 4.57 Å². The number of carbonyl (C=O) groups excluding carboxylic acids is 3. The van der Waals surface area contributed by atoms with Gasteiger partial charge in [-0.1, -0.05) is 223 Å². The lowest BCUT2D eigenvalue weighted by atomic mass is 10.0. The lowest BCUT2D eigenvalue weighted by Gasteiger charge is -2.21. The van der Waals surface area contributed by atoms with Crippen LogP contribution in [-0.2, 0) is 42.2 Å². The maximum atomic E-state index is 12.8. The molecule has 0 aliphatic heterocycles. The van der Waals surface area contributed by atoms with Gasteiger partial charge >= 0.3 is 25.7 Å². The van der Waals surface area contributed by atoms with Crippen molar-refractivity contribution in [3.8, 4) is 0 Å². The van der Waals surface area contributed by atoms with Crippen LogP contribution in [0.25, 0.3) is 0 Å².